The number of aromatic nitrogens is 2. The van der Waals surface area contributed by atoms with Gasteiger partial charge >= 0.3 is 0 Å². The number of hydrogen-bond acceptors (Lipinski definition) is 4. The number of nitrogens with zero attached hydrogens (tertiary/aromatic N) is 4. The summed E-state index contributed by atoms with van der Waals surface area (Å²) in [6.45, 7) is 2.34. The first-order chi connectivity index (χ1) is 9.84. The van der Waals surface area contributed by atoms with Crippen LogP contribution < -0.4 is 0 Å². The van der Waals surface area contributed by atoms with Gasteiger partial charge in [0.15, 0.2) is 5.25 Å². The van der Waals surface area contributed by atoms with Crippen molar-refractivity contribution in [2.75, 3.05) is 27.2 Å². The van der Waals surface area contributed by atoms with Crippen LogP contribution in [0, 0.1) is 0 Å². The minimum absolute atomic E-state index is 0.277. The standard InChI is InChI=1S/C13H22N4O3S/c1-11(13(18)15(2)3)21(19,20)17-7-4-12(5-8-17)16-9-6-14-10-16/h6,9-12H,4-5,7-8H2,1-3H3/t11-/m0/s1. The zero-order valence-corrected chi connectivity index (χ0v) is 13.5. The largest absolute Gasteiger partial charge is 0.348 e. The van der Waals surface area contributed by atoms with Crippen LogP contribution in [-0.2, 0) is 14.8 Å². The van der Waals surface area contributed by atoms with Gasteiger partial charge in [0.1, 0.15) is 0 Å². The van der Waals surface area contributed by atoms with Gasteiger partial charge in [-0.15, -0.1) is 0 Å². The Balaban J connectivity index is 2.02. The van der Waals surface area contributed by atoms with Gasteiger partial charge < -0.3 is 9.47 Å². The molecule has 1 saturated heterocycles. The van der Waals surface area contributed by atoms with Gasteiger partial charge in [0.2, 0.25) is 15.9 Å². The number of carbonyl (C=O) groups excluding carboxylic acids is 1. The molecule has 1 atom stereocenters. The quantitative estimate of drug-likeness (QED) is 0.802. The first-order valence-electron chi connectivity index (χ1n) is 7.01. The lowest BCUT2D eigenvalue weighted by Gasteiger charge is -2.33. The molecule has 0 bridgehead atoms. The Kier molecular flexibility index (Phi) is 4.67. The predicted octanol–water partition coefficient (Wildman–Crippen LogP) is 0.327. The van der Waals surface area contributed by atoms with Crippen LogP contribution in [0.1, 0.15) is 25.8 Å². The molecule has 7 nitrogen and oxygen atoms in total. The van der Waals surface area contributed by atoms with Crippen LogP contribution in [0.2, 0.25) is 0 Å². The Hall–Kier alpha value is -1.41. The zero-order valence-electron chi connectivity index (χ0n) is 12.6. The minimum atomic E-state index is -3.58. The fraction of sp³-hybridized carbons (Fsp3) is 0.692. The molecule has 21 heavy (non-hydrogen) atoms. The number of sulfonamides is 1. The number of rotatable bonds is 4. The molecule has 1 aliphatic heterocycles. The molecule has 0 spiro atoms. The van der Waals surface area contributed by atoms with Gasteiger partial charge in [-0.1, -0.05) is 0 Å². The molecule has 1 aliphatic rings. The molecule has 0 saturated carbocycles. The molecule has 0 radical (unpaired) electrons. The molecule has 118 valence electrons. The number of carbonyl (C=O) groups is 1. The molecule has 0 unspecified atom stereocenters. The van der Waals surface area contributed by atoms with E-state index in [1.807, 2.05) is 10.8 Å². The Morgan fingerprint density at radius 2 is 1.95 bits per heavy atom. The minimum Gasteiger partial charge on any atom is -0.348 e. The van der Waals surface area contributed by atoms with Crippen molar-refractivity contribution in [1.29, 1.82) is 0 Å². The summed E-state index contributed by atoms with van der Waals surface area (Å²) in [5.74, 6) is -0.383. The average Bonchev–Trinajstić information content (AvgIpc) is 2.99. The fourth-order valence-corrected chi connectivity index (χ4v) is 4.23. The maximum atomic E-state index is 12.5. The summed E-state index contributed by atoms with van der Waals surface area (Å²) < 4.78 is 28.4. The Morgan fingerprint density at radius 1 is 1.33 bits per heavy atom. The molecule has 8 heteroatoms. The summed E-state index contributed by atoms with van der Waals surface area (Å²) in [6, 6.07) is 0.277. The van der Waals surface area contributed by atoms with Gasteiger partial charge in [-0.05, 0) is 19.8 Å². The maximum Gasteiger partial charge on any atom is 0.241 e. The van der Waals surface area contributed by atoms with Crippen molar-refractivity contribution in [2.45, 2.75) is 31.1 Å². The second-order valence-electron chi connectivity index (χ2n) is 5.56. The highest BCUT2D eigenvalue weighted by Gasteiger charge is 2.36. The molecule has 1 aromatic rings. The molecular formula is C13H22N4O3S. The van der Waals surface area contributed by atoms with Crippen molar-refractivity contribution in [3.05, 3.63) is 18.7 Å². The Morgan fingerprint density at radius 3 is 2.43 bits per heavy atom. The summed E-state index contributed by atoms with van der Waals surface area (Å²) in [5, 5.41) is -1.03. The second-order valence-corrected chi connectivity index (χ2v) is 7.81. The van der Waals surface area contributed by atoms with E-state index in [4.69, 9.17) is 0 Å². The summed E-state index contributed by atoms with van der Waals surface area (Å²) >= 11 is 0. The molecular weight excluding hydrogens is 292 g/mol. The lowest BCUT2D eigenvalue weighted by atomic mass is 10.1. The monoisotopic (exact) mass is 314 g/mol. The van der Waals surface area contributed by atoms with Crippen LogP contribution in [0.4, 0.5) is 0 Å². The SMILES string of the molecule is C[C@@H](C(=O)N(C)C)S(=O)(=O)N1CCC(n2ccnc2)CC1. The van der Waals surface area contributed by atoms with Gasteiger partial charge in [0.25, 0.3) is 0 Å². The third kappa shape index (κ3) is 3.26. The zero-order chi connectivity index (χ0) is 15.6. The molecule has 2 rings (SSSR count). The normalized spacial score (nSPS) is 19.4. The third-order valence-electron chi connectivity index (χ3n) is 3.97. The molecule has 1 amide bonds. The van der Waals surface area contributed by atoms with Gasteiger partial charge in [0.05, 0.1) is 6.33 Å². The fourth-order valence-electron chi connectivity index (χ4n) is 2.59. The van der Waals surface area contributed by atoms with Crippen LogP contribution in [0.15, 0.2) is 18.7 Å². The molecule has 0 aliphatic carbocycles. The molecule has 1 fully saturated rings. The van der Waals surface area contributed by atoms with Crippen LogP contribution in [0.3, 0.4) is 0 Å². The highest BCUT2D eigenvalue weighted by atomic mass is 32.2. The van der Waals surface area contributed by atoms with E-state index in [1.165, 1.54) is 16.1 Å². The van der Waals surface area contributed by atoms with E-state index in [0.717, 1.165) is 12.8 Å². The summed E-state index contributed by atoms with van der Waals surface area (Å²) in [5.41, 5.74) is 0. The van der Waals surface area contributed by atoms with Crippen molar-refractivity contribution >= 4 is 15.9 Å². The second kappa shape index (κ2) is 6.15. The van der Waals surface area contributed by atoms with Crippen molar-refractivity contribution in [2.24, 2.45) is 0 Å². The highest BCUT2D eigenvalue weighted by Crippen LogP contribution is 2.25. The summed E-state index contributed by atoms with van der Waals surface area (Å²) in [6.07, 6.45) is 6.85. The summed E-state index contributed by atoms with van der Waals surface area (Å²) in [7, 11) is -0.443. The van der Waals surface area contributed by atoms with Crippen molar-refractivity contribution in [3.8, 4) is 0 Å². The first kappa shape index (κ1) is 16.0. The van der Waals surface area contributed by atoms with Crippen LogP contribution in [0.5, 0.6) is 0 Å². The molecule has 2 heterocycles. The topological polar surface area (TPSA) is 75.5 Å². The van der Waals surface area contributed by atoms with E-state index in [2.05, 4.69) is 4.98 Å². The number of imidazole rings is 1. The predicted molar refractivity (Wildman–Crippen MR) is 79.1 cm³/mol. The van der Waals surface area contributed by atoms with Gasteiger partial charge in [-0.25, -0.2) is 17.7 Å². The Bertz CT molecular complexity index is 575. The number of hydrogen-bond donors (Lipinski definition) is 0. The van der Waals surface area contributed by atoms with Gasteiger partial charge in [0, 0.05) is 45.6 Å². The Labute approximate surface area is 125 Å². The van der Waals surface area contributed by atoms with Crippen LogP contribution >= 0.6 is 0 Å². The van der Waals surface area contributed by atoms with Gasteiger partial charge in [-0.3, -0.25) is 4.79 Å². The smallest absolute Gasteiger partial charge is 0.241 e. The van der Waals surface area contributed by atoms with Crippen molar-refractivity contribution < 1.29 is 13.2 Å². The third-order valence-corrected chi connectivity index (χ3v) is 6.15. The lowest BCUT2D eigenvalue weighted by Crippen LogP contribution is -2.47. The highest BCUT2D eigenvalue weighted by molar-refractivity contribution is 7.90. The number of piperidine rings is 1. The van der Waals surface area contributed by atoms with Crippen LogP contribution in [0.25, 0.3) is 0 Å². The summed E-state index contributed by atoms with van der Waals surface area (Å²) in [4.78, 5) is 17.2. The van der Waals surface area contributed by atoms with E-state index in [0.29, 0.717) is 13.1 Å². The van der Waals surface area contributed by atoms with E-state index >= 15 is 0 Å². The van der Waals surface area contributed by atoms with E-state index in [1.54, 1.807) is 26.6 Å². The van der Waals surface area contributed by atoms with Crippen molar-refractivity contribution in [1.82, 2.24) is 18.8 Å². The van der Waals surface area contributed by atoms with E-state index < -0.39 is 15.3 Å². The van der Waals surface area contributed by atoms with E-state index in [9.17, 15) is 13.2 Å². The molecule has 0 aromatic carbocycles. The maximum absolute atomic E-state index is 12.5. The van der Waals surface area contributed by atoms with E-state index in [-0.39, 0.29) is 11.9 Å². The average molecular weight is 314 g/mol. The molecule has 0 N–H and O–H groups in total. The van der Waals surface area contributed by atoms with Crippen molar-refractivity contribution in [3.63, 3.8) is 0 Å². The van der Waals surface area contributed by atoms with Crippen LogP contribution in [-0.4, -0.2) is 65.5 Å². The number of amides is 1. The van der Waals surface area contributed by atoms with Gasteiger partial charge in [-0.2, -0.15) is 0 Å². The lowest BCUT2D eigenvalue weighted by molar-refractivity contribution is -0.128. The molecule has 1 aromatic heterocycles. The first-order valence-corrected chi connectivity index (χ1v) is 8.52.